The maximum atomic E-state index is 10.7. The fraction of sp³-hybridized carbons (Fsp3) is 0.500. The molecule has 0 aliphatic carbocycles. The Morgan fingerprint density at radius 1 is 0.604 bits per heavy atom. The zero-order valence-electron chi connectivity index (χ0n) is 28.4. The van der Waals surface area contributed by atoms with Crippen LogP contribution in [0.25, 0.3) is 11.5 Å². The predicted molar refractivity (Wildman–Crippen MR) is 171 cm³/mol. The van der Waals surface area contributed by atoms with E-state index in [9.17, 15) is 29.4 Å². The summed E-state index contributed by atoms with van der Waals surface area (Å²) in [6.45, 7) is 8.31. The quantitative estimate of drug-likeness (QED) is 0.201. The summed E-state index contributed by atoms with van der Waals surface area (Å²) < 4.78 is 9.64. The summed E-state index contributed by atoms with van der Waals surface area (Å²) in [7, 11) is 0. The summed E-state index contributed by atoms with van der Waals surface area (Å²) >= 11 is 0. The molecule has 2 rings (SSSR count). The molecule has 0 aliphatic rings. The minimum absolute atomic E-state index is 0. The zero-order valence-corrected chi connectivity index (χ0v) is 34.4. The molecule has 8 N–H and O–H groups in total. The molecule has 2 atom stereocenters. The van der Waals surface area contributed by atoms with Crippen LogP contribution in [-0.4, -0.2) is 57.5 Å². The van der Waals surface area contributed by atoms with Gasteiger partial charge in [0, 0.05) is 0 Å². The maximum absolute atomic E-state index is 10.7. The van der Waals surface area contributed by atoms with Crippen LogP contribution in [0.4, 0.5) is 9.59 Å². The van der Waals surface area contributed by atoms with Crippen LogP contribution in [0.2, 0.25) is 0 Å². The molecular formula is C32H50N2O12Zn2. The number of rotatable bonds is 14. The number of aromatic carboxylic acids is 2. The van der Waals surface area contributed by atoms with Gasteiger partial charge >= 0.3 is 50.9 Å². The minimum atomic E-state index is -1.18. The number of benzene rings is 2. The van der Waals surface area contributed by atoms with Crippen molar-refractivity contribution in [2.75, 3.05) is 0 Å². The monoisotopic (exact) mass is 782 g/mol. The molecule has 14 nitrogen and oxygen atoms in total. The molecule has 0 radical (unpaired) electrons. The molecule has 2 amide bonds. The van der Waals surface area contributed by atoms with E-state index in [0.29, 0.717) is 0 Å². The Morgan fingerprint density at radius 3 is 1.08 bits per heavy atom. The summed E-state index contributed by atoms with van der Waals surface area (Å²) in [6.07, 6.45) is 8.05. The molecule has 2 unspecified atom stereocenters. The summed E-state index contributed by atoms with van der Waals surface area (Å²) in [5, 5.41) is 38.1. The number of carbonyl (C=O) groups is 4. The van der Waals surface area contributed by atoms with Gasteiger partial charge < -0.3 is 52.3 Å². The second-order valence-electron chi connectivity index (χ2n) is 9.52. The zero-order chi connectivity index (χ0) is 33.9. The minimum Gasteiger partial charge on any atom is -0.872 e. The number of carboxylic acids is 2. The first kappa shape index (κ1) is 57.0. The van der Waals surface area contributed by atoms with Crippen molar-refractivity contribution in [1.82, 2.24) is 0 Å². The molecule has 0 saturated carbocycles. The number of amides is 2. The molecule has 16 heteroatoms. The van der Waals surface area contributed by atoms with E-state index in [4.69, 9.17) is 31.2 Å². The van der Waals surface area contributed by atoms with Gasteiger partial charge in [-0.1, -0.05) is 114 Å². The number of para-hydroxylation sites is 2. The van der Waals surface area contributed by atoms with Crippen molar-refractivity contribution < 1.29 is 99.0 Å². The Labute approximate surface area is 308 Å². The normalized spacial score (nSPS) is 10.1. The molecule has 264 valence electrons. The molecule has 0 heterocycles. The molecular weight excluding hydrogens is 735 g/mol. The number of hydrogen-bond donors (Lipinski definition) is 2. The average Bonchev–Trinajstić information content (AvgIpc) is 2.95. The van der Waals surface area contributed by atoms with E-state index in [-0.39, 0.29) is 73.2 Å². The molecule has 0 fully saturated rings. The average molecular weight is 786 g/mol. The number of unbranched alkanes of at least 4 members (excludes halogenated alkanes) is 2. The first-order valence-corrected chi connectivity index (χ1v) is 14.7. The van der Waals surface area contributed by atoms with Gasteiger partial charge in [-0.05, 0) is 37.8 Å². The van der Waals surface area contributed by atoms with Gasteiger partial charge in [0.25, 0.3) is 0 Å². The van der Waals surface area contributed by atoms with Crippen LogP contribution in [0.15, 0.2) is 48.5 Å². The van der Waals surface area contributed by atoms with Gasteiger partial charge in [-0.25, -0.2) is 9.59 Å². The predicted octanol–water partition coefficient (Wildman–Crippen LogP) is 6.33. The number of nitrogens with one attached hydrogen (secondary N) is 2. The number of hydrogen-bond acceptors (Lipinski definition) is 8. The molecule has 0 aromatic heterocycles. The first-order valence-electron chi connectivity index (χ1n) is 14.7. The van der Waals surface area contributed by atoms with Gasteiger partial charge in [0.15, 0.2) is 0 Å². The van der Waals surface area contributed by atoms with E-state index < -0.39 is 35.6 Å². The molecule has 0 bridgehead atoms. The number of carboxylic acid groups (broad SMARTS) is 2. The second kappa shape index (κ2) is 36.5. The molecule has 2 aromatic rings. The SMILES string of the molecule is CCCCC(CCC)OC([NH-])=O.CCCCC(CCC)OC([NH-])=O.O.O.O=C(O)c1ccccc1[O-].O=C(O)c1ccccc1[O-].[Zn+2].[Zn+2]. The third kappa shape index (κ3) is 31.3. The molecule has 0 aliphatic heterocycles. The smallest absolute Gasteiger partial charge is 0.872 e. The van der Waals surface area contributed by atoms with Gasteiger partial charge in [-0.15, -0.1) is 0 Å². The fourth-order valence-corrected chi connectivity index (χ4v) is 3.62. The van der Waals surface area contributed by atoms with Gasteiger partial charge in [-0.2, -0.15) is 0 Å². The number of carbonyl (C=O) groups excluding carboxylic acids is 2. The Bertz CT molecular complexity index is 1020. The van der Waals surface area contributed by atoms with Crippen LogP contribution < -0.4 is 10.2 Å². The van der Waals surface area contributed by atoms with Gasteiger partial charge in [0.1, 0.15) is 12.2 Å². The van der Waals surface area contributed by atoms with Crippen LogP contribution >= 0.6 is 0 Å². The summed E-state index contributed by atoms with van der Waals surface area (Å²) in [5.74, 6) is -3.25. The molecule has 0 saturated heterocycles. The van der Waals surface area contributed by atoms with Crippen LogP contribution in [0.5, 0.6) is 11.5 Å². The van der Waals surface area contributed by atoms with Crippen molar-refractivity contribution in [2.24, 2.45) is 0 Å². The van der Waals surface area contributed by atoms with Gasteiger partial charge in [0.2, 0.25) is 12.2 Å². The maximum Gasteiger partial charge on any atom is 2.00 e. The molecule has 2 aromatic carbocycles. The van der Waals surface area contributed by atoms with E-state index in [1.807, 2.05) is 0 Å². The van der Waals surface area contributed by atoms with Crippen molar-refractivity contribution in [3.05, 3.63) is 71.1 Å². The Morgan fingerprint density at radius 2 is 0.896 bits per heavy atom. The van der Waals surface area contributed by atoms with Gasteiger partial charge in [-0.3, -0.25) is 9.59 Å². The van der Waals surface area contributed by atoms with E-state index in [0.717, 1.165) is 64.2 Å². The number of ether oxygens (including phenoxy) is 2. The van der Waals surface area contributed by atoms with Crippen LogP contribution in [-0.2, 0) is 48.4 Å². The standard InChI is InChI=1S/2C9H19NO2.2C7H6O3.2H2O.2Zn/c2*1-3-5-7-8(6-4-2)12-9(10)11;2*8-6-4-2-1-3-5(6)7(9)10;;;;/h2*8H,3-7H2,1-2H3,(H2,10,11);2*1-4,8H,(H,9,10);2*1H2;;/q;;;;;;2*+2/p-4. The fourth-order valence-electron chi connectivity index (χ4n) is 3.62. The van der Waals surface area contributed by atoms with E-state index >= 15 is 0 Å². The third-order valence-corrected chi connectivity index (χ3v) is 5.76. The summed E-state index contributed by atoms with van der Waals surface area (Å²) in [4.78, 5) is 41.1. The van der Waals surface area contributed by atoms with Crippen molar-refractivity contribution in [1.29, 1.82) is 0 Å². The van der Waals surface area contributed by atoms with E-state index in [1.54, 1.807) is 0 Å². The van der Waals surface area contributed by atoms with Crippen molar-refractivity contribution in [2.45, 2.75) is 104 Å². The largest absolute Gasteiger partial charge is 2.00 e. The second-order valence-corrected chi connectivity index (χ2v) is 9.52. The van der Waals surface area contributed by atoms with E-state index in [2.05, 4.69) is 27.7 Å². The first-order chi connectivity index (χ1) is 20.8. The van der Waals surface area contributed by atoms with Crippen molar-refractivity contribution in [3.8, 4) is 11.5 Å². The van der Waals surface area contributed by atoms with Crippen LogP contribution in [0, 0.1) is 0 Å². The topological polar surface area (TPSA) is 284 Å². The van der Waals surface area contributed by atoms with Crippen molar-refractivity contribution in [3.63, 3.8) is 0 Å². The summed E-state index contributed by atoms with van der Waals surface area (Å²) in [6, 6.07) is 11.1. The summed E-state index contributed by atoms with van der Waals surface area (Å²) in [5.41, 5.74) is 13.0. The van der Waals surface area contributed by atoms with Crippen LogP contribution in [0.3, 0.4) is 0 Å². The molecule has 48 heavy (non-hydrogen) atoms. The van der Waals surface area contributed by atoms with Crippen molar-refractivity contribution >= 4 is 24.1 Å². The third-order valence-electron chi connectivity index (χ3n) is 5.76. The van der Waals surface area contributed by atoms with Crippen LogP contribution in [0.1, 0.15) is 113 Å². The Kier molecular flexibility index (Phi) is 43.4. The Hall–Kier alpha value is -3.31. The van der Waals surface area contributed by atoms with Gasteiger partial charge in [0.05, 0.1) is 11.1 Å². The van der Waals surface area contributed by atoms with E-state index in [1.165, 1.54) is 48.5 Å². The Balaban J connectivity index is -0.000000119. The molecule has 0 spiro atoms.